The van der Waals surface area contributed by atoms with Crippen LogP contribution >= 0.6 is 11.6 Å². The van der Waals surface area contributed by atoms with Crippen LogP contribution in [0, 0.1) is 5.92 Å². The minimum absolute atomic E-state index is 0.0690. The van der Waals surface area contributed by atoms with Crippen LogP contribution < -0.4 is 0 Å². The largest absolute Gasteiger partial charge is 0.389 e. The number of hydrogen-bond donors (Lipinski definition) is 0. The van der Waals surface area contributed by atoms with Crippen molar-refractivity contribution < 1.29 is 13.2 Å². The van der Waals surface area contributed by atoms with Crippen LogP contribution in [-0.2, 0) is 0 Å². The van der Waals surface area contributed by atoms with Crippen LogP contribution in [0.5, 0.6) is 0 Å². The molecule has 0 nitrogen and oxygen atoms in total. The maximum absolute atomic E-state index is 11.4. The lowest BCUT2D eigenvalue weighted by Gasteiger charge is -2.09. The zero-order valence-corrected chi connectivity index (χ0v) is 5.76. The van der Waals surface area contributed by atoms with E-state index in [-0.39, 0.29) is 5.88 Å². The molecule has 0 spiro atoms. The van der Waals surface area contributed by atoms with Crippen molar-refractivity contribution in [2.75, 3.05) is 5.88 Å². The number of alkyl halides is 4. The molecule has 0 radical (unpaired) electrons. The maximum atomic E-state index is 11.4. The Bertz CT molecular complexity index is 78.8. The molecule has 0 amide bonds. The van der Waals surface area contributed by atoms with E-state index < -0.39 is 18.5 Å². The predicted molar refractivity (Wildman–Crippen MR) is 30.6 cm³/mol. The molecule has 0 aromatic carbocycles. The fourth-order valence-electron chi connectivity index (χ4n) is 0.450. The second-order valence-electron chi connectivity index (χ2n) is 2.08. The maximum Gasteiger partial charge on any atom is 0.389 e. The molecular formula is C5H8ClF3. The van der Waals surface area contributed by atoms with Crippen LogP contribution in [0.3, 0.4) is 0 Å². The van der Waals surface area contributed by atoms with E-state index in [4.69, 9.17) is 11.6 Å². The number of rotatable bonds is 2. The zero-order chi connectivity index (χ0) is 7.49. The standard InChI is InChI=1S/C5H8ClF3/c1-4(3-6)2-5(7,8)9/h4H,2-3H2,1H3. The van der Waals surface area contributed by atoms with E-state index in [1.807, 2.05) is 0 Å². The highest BCUT2D eigenvalue weighted by Crippen LogP contribution is 2.24. The minimum atomic E-state index is -4.06. The summed E-state index contributed by atoms with van der Waals surface area (Å²) in [5.41, 5.74) is 0. The molecule has 4 heteroatoms. The van der Waals surface area contributed by atoms with E-state index in [2.05, 4.69) is 0 Å². The quantitative estimate of drug-likeness (QED) is 0.545. The van der Waals surface area contributed by atoms with Gasteiger partial charge in [0, 0.05) is 12.3 Å². The fraction of sp³-hybridized carbons (Fsp3) is 1.00. The summed E-state index contributed by atoms with van der Waals surface area (Å²) < 4.78 is 34.3. The summed E-state index contributed by atoms with van der Waals surface area (Å²) in [4.78, 5) is 0. The molecule has 1 unspecified atom stereocenters. The molecule has 0 bridgehead atoms. The van der Waals surface area contributed by atoms with Gasteiger partial charge >= 0.3 is 6.18 Å². The monoisotopic (exact) mass is 160 g/mol. The third kappa shape index (κ3) is 5.96. The molecule has 0 rings (SSSR count). The van der Waals surface area contributed by atoms with Gasteiger partial charge in [0.15, 0.2) is 0 Å². The molecule has 0 N–H and O–H groups in total. The van der Waals surface area contributed by atoms with Gasteiger partial charge in [0.1, 0.15) is 0 Å². The second-order valence-corrected chi connectivity index (χ2v) is 2.39. The number of halogens is 4. The second kappa shape index (κ2) is 3.30. The smallest absolute Gasteiger partial charge is 0.171 e. The first-order valence-electron chi connectivity index (χ1n) is 2.58. The highest BCUT2D eigenvalue weighted by Gasteiger charge is 2.29. The van der Waals surface area contributed by atoms with Crippen LogP contribution in [0.1, 0.15) is 13.3 Å². The Balaban J connectivity index is 3.47. The van der Waals surface area contributed by atoms with E-state index in [9.17, 15) is 13.2 Å². The third-order valence-corrected chi connectivity index (χ3v) is 1.37. The first-order valence-corrected chi connectivity index (χ1v) is 3.12. The van der Waals surface area contributed by atoms with E-state index in [1.165, 1.54) is 6.92 Å². The molecular weight excluding hydrogens is 153 g/mol. The molecule has 0 aromatic heterocycles. The lowest BCUT2D eigenvalue weighted by Crippen LogP contribution is -2.13. The van der Waals surface area contributed by atoms with E-state index in [0.29, 0.717) is 0 Å². The van der Waals surface area contributed by atoms with Crippen molar-refractivity contribution in [1.29, 1.82) is 0 Å². The first kappa shape index (κ1) is 9.08. The molecule has 0 fully saturated rings. The van der Waals surface area contributed by atoms with Crippen molar-refractivity contribution in [3.8, 4) is 0 Å². The van der Waals surface area contributed by atoms with Gasteiger partial charge in [0.25, 0.3) is 0 Å². The Kier molecular flexibility index (Phi) is 3.33. The Labute approximate surface area is 57.0 Å². The summed E-state index contributed by atoms with van der Waals surface area (Å²) >= 11 is 5.16. The van der Waals surface area contributed by atoms with Gasteiger partial charge < -0.3 is 0 Å². The SMILES string of the molecule is CC(CCl)CC(F)(F)F. The molecule has 9 heavy (non-hydrogen) atoms. The van der Waals surface area contributed by atoms with Crippen LogP contribution in [-0.4, -0.2) is 12.1 Å². The van der Waals surface area contributed by atoms with Gasteiger partial charge in [-0.3, -0.25) is 0 Å². The molecule has 0 aliphatic heterocycles. The molecule has 0 heterocycles. The van der Waals surface area contributed by atoms with Crippen molar-refractivity contribution in [2.24, 2.45) is 5.92 Å². The van der Waals surface area contributed by atoms with Crippen LogP contribution in [0.25, 0.3) is 0 Å². The first-order chi connectivity index (χ1) is 3.95. The Morgan fingerprint density at radius 3 is 2.00 bits per heavy atom. The minimum Gasteiger partial charge on any atom is -0.171 e. The summed E-state index contributed by atoms with van der Waals surface area (Å²) in [6.45, 7) is 1.47. The van der Waals surface area contributed by atoms with Crippen LogP contribution in [0.2, 0.25) is 0 Å². The molecule has 0 aromatic rings. The van der Waals surface area contributed by atoms with E-state index >= 15 is 0 Å². The Morgan fingerprint density at radius 1 is 1.44 bits per heavy atom. The summed E-state index contributed by atoms with van der Waals surface area (Å²) in [7, 11) is 0. The molecule has 0 saturated carbocycles. The van der Waals surface area contributed by atoms with Crippen molar-refractivity contribution in [3.05, 3.63) is 0 Å². The van der Waals surface area contributed by atoms with Crippen molar-refractivity contribution in [1.82, 2.24) is 0 Å². The Morgan fingerprint density at radius 2 is 1.89 bits per heavy atom. The highest BCUT2D eigenvalue weighted by molar-refractivity contribution is 6.18. The van der Waals surface area contributed by atoms with Crippen molar-refractivity contribution in [3.63, 3.8) is 0 Å². The summed E-state index contributed by atoms with van der Waals surface area (Å²) in [5.74, 6) is -0.397. The molecule has 1 atom stereocenters. The van der Waals surface area contributed by atoms with Crippen molar-refractivity contribution >= 4 is 11.6 Å². The summed E-state index contributed by atoms with van der Waals surface area (Å²) in [6, 6.07) is 0. The average Bonchev–Trinajstić information content (AvgIpc) is 1.62. The number of hydrogen-bond acceptors (Lipinski definition) is 0. The van der Waals surface area contributed by atoms with E-state index in [1.54, 1.807) is 0 Å². The van der Waals surface area contributed by atoms with Gasteiger partial charge in [-0.05, 0) is 5.92 Å². The molecule has 0 aliphatic carbocycles. The van der Waals surface area contributed by atoms with Gasteiger partial charge in [-0.25, -0.2) is 0 Å². The van der Waals surface area contributed by atoms with Gasteiger partial charge in [-0.2, -0.15) is 13.2 Å². The zero-order valence-electron chi connectivity index (χ0n) is 5.00. The van der Waals surface area contributed by atoms with Crippen LogP contribution in [0.4, 0.5) is 13.2 Å². The fourth-order valence-corrected chi connectivity index (χ4v) is 0.559. The normalized spacial score (nSPS) is 15.7. The molecule has 0 aliphatic rings. The van der Waals surface area contributed by atoms with Crippen LogP contribution in [0.15, 0.2) is 0 Å². The Hall–Kier alpha value is 0.0800. The van der Waals surface area contributed by atoms with Gasteiger partial charge in [0.2, 0.25) is 0 Å². The lowest BCUT2D eigenvalue weighted by molar-refractivity contribution is -0.141. The lowest BCUT2D eigenvalue weighted by atomic mass is 10.1. The van der Waals surface area contributed by atoms with Gasteiger partial charge in [0.05, 0.1) is 0 Å². The average molecular weight is 161 g/mol. The highest BCUT2D eigenvalue weighted by atomic mass is 35.5. The molecule has 0 saturated heterocycles. The van der Waals surface area contributed by atoms with Gasteiger partial charge in [-0.1, -0.05) is 6.92 Å². The summed E-state index contributed by atoms with van der Waals surface area (Å²) in [5, 5.41) is 0. The predicted octanol–water partition coefficient (Wildman–Crippen LogP) is 2.81. The van der Waals surface area contributed by atoms with Gasteiger partial charge in [-0.15, -0.1) is 11.6 Å². The third-order valence-electron chi connectivity index (χ3n) is 0.843. The molecule has 56 valence electrons. The van der Waals surface area contributed by atoms with Crippen molar-refractivity contribution in [2.45, 2.75) is 19.5 Å². The topological polar surface area (TPSA) is 0 Å². The summed E-state index contributed by atoms with van der Waals surface area (Å²) in [6.07, 6.45) is -4.84. The van der Waals surface area contributed by atoms with E-state index in [0.717, 1.165) is 0 Å².